The second-order valence-corrected chi connectivity index (χ2v) is 6.51. The first-order valence-corrected chi connectivity index (χ1v) is 8.76. The van der Waals surface area contributed by atoms with Crippen molar-refractivity contribution >= 4 is 11.6 Å². The smallest absolute Gasteiger partial charge is 0.279 e. The Bertz CT molecular complexity index is 744. The minimum Gasteiger partial charge on any atom is -0.332 e. The number of nitrogens with zero attached hydrogens (tertiary/aromatic N) is 1. The Morgan fingerprint density at radius 3 is 2.44 bits per heavy atom. The zero-order chi connectivity index (χ0) is 18.2. The number of hydrogen-bond acceptors (Lipinski definition) is 2. The lowest BCUT2D eigenvalue weighted by Gasteiger charge is -2.20. The van der Waals surface area contributed by atoms with E-state index in [1.165, 1.54) is 11.1 Å². The van der Waals surface area contributed by atoms with Crippen LogP contribution in [0, 0.1) is 17.2 Å². The number of anilines is 1. The molecule has 2 rings (SSSR count). The standard InChI is InChI=1S/C21H25N3O/c1-4-16-9-11-17(12-10-16)21(15(2)3)23-14-20(25)24-19-8-6-5-7-18(19)13-22/h5-12,15,21,23H,4,14H2,1-3H3,(H,24,25)/p+1/t21-/m1/s1. The summed E-state index contributed by atoms with van der Waals surface area (Å²) in [4.78, 5) is 12.3. The fourth-order valence-electron chi connectivity index (χ4n) is 2.89. The maximum Gasteiger partial charge on any atom is 0.279 e. The number of nitrogens with two attached hydrogens (primary N) is 1. The second kappa shape index (κ2) is 9.00. The molecule has 0 unspecified atom stereocenters. The average Bonchev–Trinajstić information content (AvgIpc) is 2.62. The molecule has 1 atom stereocenters. The van der Waals surface area contributed by atoms with Crippen molar-refractivity contribution in [1.82, 2.24) is 0 Å². The zero-order valence-corrected chi connectivity index (χ0v) is 15.1. The van der Waals surface area contributed by atoms with E-state index in [1.807, 2.05) is 6.07 Å². The number of benzene rings is 2. The molecule has 3 N–H and O–H groups in total. The Balaban J connectivity index is 2.00. The fraction of sp³-hybridized carbons (Fsp3) is 0.333. The molecule has 0 aliphatic carbocycles. The summed E-state index contributed by atoms with van der Waals surface area (Å²) in [6, 6.07) is 18.0. The van der Waals surface area contributed by atoms with Crippen LogP contribution in [0.5, 0.6) is 0 Å². The number of carbonyl (C=O) groups is 1. The minimum atomic E-state index is -0.0986. The molecule has 0 aliphatic rings. The quantitative estimate of drug-likeness (QED) is 0.816. The van der Waals surface area contributed by atoms with Gasteiger partial charge in [-0.15, -0.1) is 0 Å². The zero-order valence-electron chi connectivity index (χ0n) is 15.1. The lowest BCUT2D eigenvalue weighted by Crippen LogP contribution is -2.88. The van der Waals surface area contributed by atoms with Crippen molar-refractivity contribution in [2.75, 3.05) is 11.9 Å². The number of rotatable bonds is 7. The lowest BCUT2D eigenvalue weighted by atomic mass is 9.95. The van der Waals surface area contributed by atoms with Gasteiger partial charge < -0.3 is 10.6 Å². The Kier molecular flexibility index (Phi) is 6.73. The number of aryl methyl sites for hydroxylation is 1. The predicted octanol–water partition coefficient (Wildman–Crippen LogP) is 3.02. The van der Waals surface area contributed by atoms with Gasteiger partial charge in [-0.2, -0.15) is 5.26 Å². The Hall–Kier alpha value is -2.64. The van der Waals surface area contributed by atoms with Crippen molar-refractivity contribution in [3.8, 4) is 6.07 Å². The van der Waals surface area contributed by atoms with Crippen LogP contribution in [-0.2, 0) is 11.2 Å². The van der Waals surface area contributed by atoms with Gasteiger partial charge in [-0.05, 0) is 24.1 Å². The van der Waals surface area contributed by atoms with Crippen LogP contribution in [-0.4, -0.2) is 12.5 Å². The normalized spacial score (nSPS) is 11.8. The number of nitriles is 1. The van der Waals surface area contributed by atoms with E-state index >= 15 is 0 Å². The third-order valence-corrected chi connectivity index (χ3v) is 4.37. The average molecular weight is 336 g/mol. The van der Waals surface area contributed by atoms with Gasteiger partial charge >= 0.3 is 0 Å². The maximum absolute atomic E-state index is 12.3. The summed E-state index contributed by atoms with van der Waals surface area (Å²) in [5, 5.41) is 14.0. The van der Waals surface area contributed by atoms with Crippen molar-refractivity contribution in [3.63, 3.8) is 0 Å². The number of quaternary nitrogens is 1. The van der Waals surface area contributed by atoms with Crippen LogP contribution < -0.4 is 10.6 Å². The highest BCUT2D eigenvalue weighted by molar-refractivity contribution is 5.92. The van der Waals surface area contributed by atoms with E-state index in [1.54, 1.807) is 18.2 Å². The highest BCUT2D eigenvalue weighted by atomic mass is 16.1. The maximum atomic E-state index is 12.3. The number of para-hydroxylation sites is 1. The molecule has 0 aromatic heterocycles. The highest BCUT2D eigenvalue weighted by Crippen LogP contribution is 2.18. The predicted molar refractivity (Wildman–Crippen MR) is 100.0 cm³/mol. The van der Waals surface area contributed by atoms with Gasteiger partial charge in [-0.1, -0.05) is 57.2 Å². The molecule has 0 radical (unpaired) electrons. The van der Waals surface area contributed by atoms with E-state index in [2.05, 4.69) is 61.7 Å². The molecular weight excluding hydrogens is 310 g/mol. The molecule has 0 aliphatic heterocycles. The van der Waals surface area contributed by atoms with Gasteiger partial charge in [0, 0.05) is 11.5 Å². The van der Waals surface area contributed by atoms with E-state index in [-0.39, 0.29) is 11.9 Å². The van der Waals surface area contributed by atoms with Crippen LogP contribution in [0.4, 0.5) is 5.69 Å². The third kappa shape index (κ3) is 5.17. The van der Waals surface area contributed by atoms with Crippen molar-refractivity contribution in [2.24, 2.45) is 5.92 Å². The Morgan fingerprint density at radius 2 is 1.84 bits per heavy atom. The van der Waals surface area contributed by atoms with E-state index in [9.17, 15) is 4.79 Å². The molecule has 0 spiro atoms. The Morgan fingerprint density at radius 1 is 1.16 bits per heavy atom. The van der Waals surface area contributed by atoms with Gasteiger partial charge in [0.05, 0.1) is 11.3 Å². The first kappa shape index (κ1) is 18.7. The summed E-state index contributed by atoms with van der Waals surface area (Å²) in [6.45, 7) is 6.79. The number of hydrogen-bond donors (Lipinski definition) is 2. The monoisotopic (exact) mass is 336 g/mol. The minimum absolute atomic E-state index is 0.0986. The van der Waals surface area contributed by atoms with E-state index in [0.29, 0.717) is 23.7 Å². The molecular formula is C21H26N3O+. The highest BCUT2D eigenvalue weighted by Gasteiger charge is 2.20. The van der Waals surface area contributed by atoms with Crippen LogP contribution in [0.3, 0.4) is 0 Å². The molecule has 4 nitrogen and oxygen atoms in total. The molecule has 4 heteroatoms. The lowest BCUT2D eigenvalue weighted by molar-refractivity contribution is -0.692. The second-order valence-electron chi connectivity index (χ2n) is 6.51. The van der Waals surface area contributed by atoms with E-state index in [4.69, 9.17) is 5.26 Å². The first-order valence-electron chi connectivity index (χ1n) is 8.76. The van der Waals surface area contributed by atoms with Gasteiger partial charge in [0.1, 0.15) is 12.1 Å². The summed E-state index contributed by atoms with van der Waals surface area (Å²) in [5.74, 6) is 0.310. The van der Waals surface area contributed by atoms with Gasteiger partial charge in [-0.25, -0.2) is 0 Å². The molecule has 0 heterocycles. The molecule has 2 aromatic rings. The van der Waals surface area contributed by atoms with Crippen LogP contribution >= 0.6 is 0 Å². The molecule has 25 heavy (non-hydrogen) atoms. The molecule has 0 saturated carbocycles. The van der Waals surface area contributed by atoms with Gasteiger partial charge in [0.15, 0.2) is 6.54 Å². The van der Waals surface area contributed by atoms with E-state index < -0.39 is 0 Å². The van der Waals surface area contributed by atoms with Gasteiger partial charge in [0.2, 0.25) is 0 Å². The Labute approximate surface area is 149 Å². The number of amides is 1. The number of carbonyl (C=O) groups excluding carboxylic acids is 1. The molecule has 0 bridgehead atoms. The van der Waals surface area contributed by atoms with Crippen molar-refractivity contribution < 1.29 is 10.1 Å². The SMILES string of the molecule is CCc1ccc([C@H]([NH2+]CC(=O)Nc2ccccc2C#N)C(C)C)cc1. The summed E-state index contributed by atoms with van der Waals surface area (Å²) < 4.78 is 0. The van der Waals surface area contributed by atoms with Crippen LogP contribution in [0.25, 0.3) is 0 Å². The van der Waals surface area contributed by atoms with Crippen molar-refractivity contribution in [3.05, 3.63) is 65.2 Å². The fourth-order valence-corrected chi connectivity index (χ4v) is 2.89. The van der Waals surface area contributed by atoms with Crippen LogP contribution in [0.1, 0.15) is 43.5 Å². The van der Waals surface area contributed by atoms with Crippen LogP contribution in [0.2, 0.25) is 0 Å². The van der Waals surface area contributed by atoms with Crippen molar-refractivity contribution in [1.29, 1.82) is 5.26 Å². The summed E-state index contributed by atoms with van der Waals surface area (Å²) in [6.07, 6.45) is 1.02. The van der Waals surface area contributed by atoms with E-state index in [0.717, 1.165) is 6.42 Å². The third-order valence-electron chi connectivity index (χ3n) is 4.37. The summed E-state index contributed by atoms with van der Waals surface area (Å²) in [5.41, 5.74) is 3.60. The van der Waals surface area contributed by atoms with Crippen molar-refractivity contribution in [2.45, 2.75) is 33.2 Å². The molecule has 0 fully saturated rings. The first-order chi connectivity index (χ1) is 12.0. The largest absolute Gasteiger partial charge is 0.332 e. The summed E-state index contributed by atoms with van der Waals surface area (Å²) in [7, 11) is 0. The van der Waals surface area contributed by atoms with Gasteiger partial charge in [0.25, 0.3) is 5.91 Å². The molecule has 130 valence electrons. The summed E-state index contributed by atoms with van der Waals surface area (Å²) >= 11 is 0. The molecule has 2 aromatic carbocycles. The topological polar surface area (TPSA) is 69.5 Å². The van der Waals surface area contributed by atoms with Crippen LogP contribution in [0.15, 0.2) is 48.5 Å². The molecule has 1 amide bonds. The number of nitrogens with one attached hydrogen (secondary N) is 1. The van der Waals surface area contributed by atoms with Gasteiger partial charge in [-0.3, -0.25) is 4.79 Å². The molecule has 0 saturated heterocycles.